The molecule has 0 atom stereocenters. The molecule has 0 unspecified atom stereocenters. The summed E-state index contributed by atoms with van der Waals surface area (Å²) in [5.74, 6) is 1.08. The smallest absolute Gasteiger partial charge is 0.106 e. The van der Waals surface area contributed by atoms with Gasteiger partial charge < -0.3 is 9.80 Å². The molecule has 1 aliphatic carbocycles. The number of fused-ring (bicyclic) bond motifs is 1. The molecule has 1 aromatic rings. The Balaban J connectivity index is 2.12. The van der Waals surface area contributed by atoms with Gasteiger partial charge in [0.1, 0.15) is 5.82 Å². The summed E-state index contributed by atoms with van der Waals surface area (Å²) in [5, 5.41) is 0. The highest BCUT2D eigenvalue weighted by molar-refractivity contribution is 5.81. The van der Waals surface area contributed by atoms with Crippen LogP contribution in [0.1, 0.15) is 12.8 Å². The van der Waals surface area contributed by atoms with E-state index in [0.29, 0.717) is 6.04 Å². The Bertz CT molecular complexity index is 395. The van der Waals surface area contributed by atoms with Crippen molar-refractivity contribution >= 4 is 11.4 Å². The maximum atomic E-state index is 4.15. The lowest BCUT2D eigenvalue weighted by molar-refractivity contribution is 0.910. The quantitative estimate of drug-likeness (QED) is 0.670. The minimum absolute atomic E-state index is 0.675. The van der Waals surface area contributed by atoms with Gasteiger partial charge in [-0.25, -0.2) is 0 Å². The van der Waals surface area contributed by atoms with Gasteiger partial charge in [0, 0.05) is 19.3 Å². The molecule has 14 heavy (non-hydrogen) atoms. The molecule has 1 saturated carbocycles. The fourth-order valence-electron chi connectivity index (χ4n) is 2.02. The maximum Gasteiger partial charge on any atom is 0.106 e. The summed E-state index contributed by atoms with van der Waals surface area (Å²) in [6.07, 6.45) is 6.33. The van der Waals surface area contributed by atoms with E-state index in [1.165, 1.54) is 24.2 Å². The molecule has 3 heteroatoms. The molecule has 0 radical (unpaired) electrons. The summed E-state index contributed by atoms with van der Waals surface area (Å²) in [4.78, 5) is 8.59. The molecule has 0 aromatic carbocycles. The van der Waals surface area contributed by atoms with Crippen molar-refractivity contribution in [3.05, 3.63) is 30.9 Å². The van der Waals surface area contributed by atoms with Crippen molar-refractivity contribution in [2.45, 2.75) is 18.9 Å². The van der Waals surface area contributed by atoms with Gasteiger partial charge >= 0.3 is 0 Å². The lowest BCUT2D eigenvalue weighted by Crippen LogP contribution is -2.26. The van der Waals surface area contributed by atoms with E-state index in [0.717, 1.165) is 5.82 Å². The fourth-order valence-corrected chi connectivity index (χ4v) is 2.02. The third-order valence-electron chi connectivity index (χ3n) is 2.98. The number of pyridine rings is 1. The van der Waals surface area contributed by atoms with Gasteiger partial charge in [-0.2, -0.15) is 0 Å². The highest BCUT2D eigenvalue weighted by Gasteiger charge is 2.38. The van der Waals surface area contributed by atoms with Crippen LogP contribution in [0, 0.1) is 0 Å². The van der Waals surface area contributed by atoms with E-state index in [1.54, 1.807) is 0 Å². The molecule has 0 spiro atoms. The number of hydrogen-bond acceptors (Lipinski definition) is 3. The molecule has 1 aliphatic heterocycles. The SMILES string of the molecule is C=C1N(C)c2cnccc2N1C1CC1. The topological polar surface area (TPSA) is 19.4 Å². The van der Waals surface area contributed by atoms with E-state index in [2.05, 4.69) is 27.4 Å². The number of anilines is 2. The van der Waals surface area contributed by atoms with Gasteiger partial charge in [-0.1, -0.05) is 6.58 Å². The van der Waals surface area contributed by atoms with Gasteiger partial charge in [0.15, 0.2) is 0 Å². The number of hydrogen-bond donors (Lipinski definition) is 0. The number of nitrogens with zero attached hydrogens (tertiary/aromatic N) is 3. The normalized spacial score (nSPS) is 20.2. The van der Waals surface area contributed by atoms with E-state index < -0.39 is 0 Å². The maximum absolute atomic E-state index is 4.15. The predicted octanol–water partition coefficient (Wildman–Crippen LogP) is 1.97. The Kier molecular flexibility index (Phi) is 1.40. The average Bonchev–Trinajstić information content (AvgIpc) is 2.99. The summed E-state index contributed by atoms with van der Waals surface area (Å²) in [6.45, 7) is 4.12. The zero-order valence-electron chi connectivity index (χ0n) is 8.27. The van der Waals surface area contributed by atoms with Crippen LogP contribution in [0.3, 0.4) is 0 Å². The molecular weight excluding hydrogens is 174 g/mol. The third kappa shape index (κ3) is 0.895. The van der Waals surface area contributed by atoms with Crippen LogP contribution in [0.4, 0.5) is 11.4 Å². The Hall–Kier alpha value is -1.51. The first-order chi connectivity index (χ1) is 6.79. The summed E-state index contributed by atoms with van der Waals surface area (Å²) >= 11 is 0. The van der Waals surface area contributed by atoms with Gasteiger partial charge in [0.25, 0.3) is 0 Å². The molecule has 1 aromatic heterocycles. The molecule has 1 fully saturated rings. The van der Waals surface area contributed by atoms with E-state index in [1.807, 2.05) is 19.4 Å². The highest BCUT2D eigenvalue weighted by Crippen LogP contribution is 2.45. The molecule has 2 heterocycles. The van der Waals surface area contributed by atoms with Crippen molar-refractivity contribution in [2.75, 3.05) is 16.8 Å². The van der Waals surface area contributed by atoms with Crippen LogP contribution < -0.4 is 9.80 Å². The Morgan fingerprint density at radius 3 is 2.93 bits per heavy atom. The van der Waals surface area contributed by atoms with Crippen molar-refractivity contribution in [1.29, 1.82) is 0 Å². The summed E-state index contributed by atoms with van der Waals surface area (Å²) < 4.78 is 0. The van der Waals surface area contributed by atoms with Gasteiger partial charge in [0.05, 0.1) is 17.6 Å². The summed E-state index contributed by atoms with van der Waals surface area (Å²) in [7, 11) is 2.05. The second-order valence-corrected chi connectivity index (χ2v) is 3.94. The molecule has 3 nitrogen and oxygen atoms in total. The Morgan fingerprint density at radius 2 is 2.21 bits per heavy atom. The zero-order valence-corrected chi connectivity index (χ0v) is 8.27. The van der Waals surface area contributed by atoms with Gasteiger partial charge in [-0.3, -0.25) is 4.98 Å². The average molecular weight is 187 g/mol. The molecule has 0 bridgehead atoms. The molecule has 2 aliphatic rings. The predicted molar refractivity (Wildman–Crippen MR) is 57.3 cm³/mol. The van der Waals surface area contributed by atoms with Crippen LogP contribution in [0.15, 0.2) is 30.9 Å². The van der Waals surface area contributed by atoms with E-state index in [-0.39, 0.29) is 0 Å². The molecule has 0 N–H and O–H groups in total. The molecule has 72 valence electrons. The van der Waals surface area contributed by atoms with E-state index in [4.69, 9.17) is 0 Å². The first kappa shape index (κ1) is 7.85. The Labute approximate surface area is 83.7 Å². The first-order valence-electron chi connectivity index (χ1n) is 4.95. The lowest BCUT2D eigenvalue weighted by atomic mass is 10.3. The van der Waals surface area contributed by atoms with E-state index in [9.17, 15) is 0 Å². The van der Waals surface area contributed by atoms with Crippen LogP contribution in [-0.4, -0.2) is 18.1 Å². The van der Waals surface area contributed by atoms with Gasteiger partial charge in [-0.15, -0.1) is 0 Å². The van der Waals surface area contributed by atoms with E-state index >= 15 is 0 Å². The molecule has 0 saturated heterocycles. The van der Waals surface area contributed by atoms with Gasteiger partial charge in [0.2, 0.25) is 0 Å². The van der Waals surface area contributed by atoms with Crippen molar-refractivity contribution in [3.8, 4) is 0 Å². The minimum atomic E-state index is 0.675. The second-order valence-electron chi connectivity index (χ2n) is 3.94. The number of aromatic nitrogens is 1. The van der Waals surface area contributed by atoms with Crippen LogP contribution >= 0.6 is 0 Å². The van der Waals surface area contributed by atoms with Crippen LogP contribution in [-0.2, 0) is 0 Å². The zero-order chi connectivity index (χ0) is 9.71. The summed E-state index contributed by atoms with van der Waals surface area (Å²) in [5.41, 5.74) is 2.43. The molecule has 3 rings (SSSR count). The lowest BCUT2D eigenvalue weighted by Gasteiger charge is -2.20. The second kappa shape index (κ2) is 2.50. The largest absolute Gasteiger partial charge is 0.328 e. The highest BCUT2D eigenvalue weighted by atomic mass is 15.4. The first-order valence-corrected chi connectivity index (χ1v) is 4.95. The standard InChI is InChI=1S/C11H13N3/c1-8-13(2)11-7-12-6-5-10(11)14(8)9-3-4-9/h5-7,9H,1,3-4H2,2H3. The monoisotopic (exact) mass is 187 g/mol. The Morgan fingerprint density at radius 1 is 1.43 bits per heavy atom. The fraction of sp³-hybridized carbons (Fsp3) is 0.364. The number of rotatable bonds is 1. The van der Waals surface area contributed by atoms with Crippen LogP contribution in [0.25, 0.3) is 0 Å². The van der Waals surface area contributed by atoms with Crippen molar-refractivity contribution in [2.24, 2.45) is 0 Å². The van der Waals surface area contributed by atoms with Crippen LogP contribution in [0.2, 0.25) is 0 Å². The minimum Gasteiger partial charge on any atom is -0.328 e. The van der Waals surface area contributed by atoms with Crippen molar-refractivity contribution < 1.29 is 0 Å². The molecular formula is C11H13N3. The van der Waals surface area contributed by atoms with Crippen molar-refractivity contribution in [3.63, 3.8) is 0 Å². The third-order valence-corrected chi connectivity index (χ3v) is 2.98. The van der Waals surface area contributed by atoms with Crippen LogP contribution in [0.5, 0.6) is 0 Å². The molecule has 0 amide bonds. The van der Waals surface area contributed by atoms with Crippen molar-refractivity contribution in [1.82, 2.24) is 4.98 Å². The summed E-state index contributed by atoms with van der Waals surface area (Å²) in [6, 6.07) is 2.75. The van der Waals surface area contributed by atoms with Gasteiger partial charge in [-0.05, 0) is 18.9 Å².